The number of aryl methyl sites for hydroxylation is 1. The Labute approximate surface area is 189 Å². The number of nitrogens with two attached hydrogens (primary N) is 1. The molecule has 1 aliphatic carbocycles. The number of aromatic nitrogens is 1. The summed E-state index contributed by atoms with van der Waals surface area (Å²) in [5.41, 5.74) is 10.8. The molecule has 1 atom stereocenters. The van der Waals surface area contributed by atoms with Crippen molar-refractivity contribution in [3.05, 3.63) is 64.8 Å². The molecule has 6 nitrogen and oxygen atoms in total. The summed E-state index contributed by atoms with van der Waals surface area (Å²) in [6.07, 6.45) is 4.74. The van der Waals surface area contributed by atoms with Crippen LogP contribution in [0.15, 0.2) is 42.6 Å². The third kappa shape index (κ3) is 4.12. The third-order valence-electron chi connectivity index (χ3n) is 7.06. The molecule has 2 aliphatic rings. The van der Waals surface area contributed by atoms with Crippen LogP contribution in [0.2, 0.25) is 0 Å². The number of rotatable bonds is 7. The van der Waals surface area contributed by atoms with Crippen molar-refractivity contribution in [2.45, 2.75) is 32.4 Å². The van der Waals surface area contributed by atoms with E-state index in [9.17, 15) is 4.79 Å². The van der Waals surface area contributed by atoms with Crippen molar-refractivity contribution < 1.29 is 9.53 Å². The fourth-order valence-corrected chi connectivity index (χ4v) is 5.07. The second-order valence-corrected chi connectivity index (χ2v) is 9.32. The molecule has 2 aromatic carbocycles. The standard InChI is InChI=1S/C26H32N4O2/c1-17-13-24(32-2)22(21-9-10-28-25(17)21)15-30-12-11-29(14-18-3-4-18)16-23(30)19-5-7-20(8-6-19)26(27)31/h5-10,13,18,23,28H,3-4,11-12,14-16H2,1-2H3,(H2,27,31)/t23-/m0/s1. The first-order chi connectivity index (χ1) is 15.5. The number of ether oxygens (including phenoxy) is 1. The van der Waals surface area contributed by atoms with Crippen molar-refractivity contribution in [3.63, 3.8) is 0 Å². The number of hydrogen-bond donors (Lipinski definition) is 2. The van der Waals surface area contributed by atoms with Gasteiger partial charge in [-0.25, -0.2) is 0 Å². The summed E-state index contributed by atoms with van der Waals surface area (Å²) in [7, 11) is 1.75. The normalized spacial score (nSPS) is 20.0. The Hall–Kier alpha value is -2.83. The molecule has 0 unspecified atom stereocenters. The van der Waals surface area contributed by atoms with Crippen molar-refractivity contribution in [1.29, 1.82) is 0 Å². The van der Waals surface area contributed by atoms with Gasteiger partial charge in [0.1, 0.15) is 5.75 Å². The van der Waals surface area contributed by atoms with Crippen LogP contribution in [-0.4, -0.2) is 54.0 Å². The number of benzene rings is 2. The lowest BCUT2D eigenvalue weighted by Crippen LogP contribution is -2.48. The number of hydrogen-bond acceptors (Lipinski definition) is 4. The molecule has 0 bridgehead atoms. The van der Waals surface area contributed by atoms with E-state index in [1.54, 1.807) is 7.11 Å². The quantitative estimate of drug-likeness (QED) is 0.595. The molecule has 0 spiro atoms. The highest BCUT2D eigenvalue weighted by molar-refractivity contribution is 5.92. The molecule has 1 amide bonds. The minimum atomic E-state index is -0.383. The molecule has 32 heavy (non-hydrogen) atoms. The van der Waals surface area contributed by atoms with E-state index >= 15 is 0 Å². The zero-order valence-corrected chi connectivity index (χ0v) is 18.9. The van der Waals surface area contributed by atoms with E-state index in [1.165, 1.54) is 47.0 Å². The van der Waals surface area contributed by atoms with Gasteiger partial charge in [0, 0.05) is 67.0 Å². The molecule has 6 heteroatoms. The number of H-pyrrole nitrogens is 1. The van der Waals surface area contributed by atoms with Crippen molar-refractivity contribution in [3.8, 4) is 5.75 Å². The molecule has 1 aromatic heterocycles. The zero-order chi connectivity index (χ0) is 22.2. The number of nitrogens with one attached hydrogen (secondary N) is 1. The first-order valence-corrected chi connectivity index (χ1v) is 11.5. The van der Waals surface area contributed by atoms with Gasteiger partial charge in [-0.15, -0.1) is 0 Å². The lowest BCUT2D eigenvalue weighted by molar-refractivity contribution is 0.0650. The van der Waals surface area contributed by atoms with Gasteiger partial charge in [0.2, 0.25) is 5.91 Å². The smallest absolute Gasteiger partial charge is 0.248 e. The highest BCUT2D eigenvalue weighted by Crippen LogP contribution is 2.36. The molecule has 0 radical (unpaired) electrons. The molecule has 2 heterocycles. The molecule has 1 saturated heterocycles. The van der Waals surface area contributed by atoms with Gasteiger partial charge in [0.25, 0.3) is 0 Å². The lowest BCUT2D eigenvalue weighted by Gasteiger charge is -2.42. The molecular weight excluding hydrogens is 400 g/mol. The Kier molecular flexibility index (Phi) is 5.66. The highest BCUT2D eigenvalue weighted by atomic mass is 16.5. The van der Waals surface area contributed by atoms with Crippen LogP contribution < -0.4 is 10.5 Å². The van der Waals surface area contributed by atoms with Gasteiger partial charge in [0.15, 0.2) is 0 Å². The van der Waals surface area contributed by atoms with E-state index in [-0.39, 0.29) is 11.9 Å². The topological polar surface area (TPSA) is 74.6 Å². The number of fused-ring (bicyclic) bond motifs is 1. The van der Waals surface area contributed by atoms with E-state index in [1.807, 2.05) is 18.3 Å². The Bertz CT molecular complexity index is 1120. The van der Waals surface area contributed by atoms with E-state index in [2.05, 4.69) is 46.0 Å². The van der Waals surface area contributed by atoms with Crippen LogP contribution in [0.5, 0.6) is 5.75 Å². The van der Waals surface area contributed by atoms with Gasteiger partial charge >= 0.3 is 0 Å². The van der Waals surface area contributed by atoms with Gasteiger partial charge in [-0.1, -0.05) is 12.1 Å². The zero-order valence-electron chi connectivity index (χ0n) is 18.9. The predicted octanol–water partition coefficient (Wildman–Crippen LogP) is 3.85. The number of carbonyl (C=O) groups is 1. The maximum atomic E-state index is 11.6. The number of amides is 1. The van der Waals surface area contributed by atoms with Crippen LogP contribution in [0, 0.1) is 12.8 Å². The van der Waals surface area contributed by atoms with Crippen LogP contribution in [0.1, 0.15) is 45.9 Å². The van der Waals surface area contributed by atoms with Crippen molar-refractivity contribution >= 4 is 16.8 Å². The average molecular weight is 433 g/mol. The Morgan fingerprint density at radius 2 is 1.97 bits per heavy atom. The molecule has 3 N–H and O–H groups in total. The second kappa shape index (κ2) is 8.60. The van der Waals surface area contributed by atoms with Gasteiger partial charge in [0.05, 0.1) is 7.11 Å². The molecule has 5 rings (SSSR count). The monoisotopic (exact) mass is 432 g/mol. The van der Waals surface area contributed by atoms with Gasteiger partial charge in [-0.3, -0.25) is 14.6 Å². The number of carbonyl (C=O) groups excluding carboxylic acids is 1. The number of piperazine rings is 1. The highest BCUT2D eigenvalue weighted by Gasteiger charge is 2.32. The fourth-order valence-electron chi connectivity index (χ4n) is 5.07. The summed E-state index contributed by atoms with van der Waals surface area (Å²) in [4.78, 5) is 20.1. The van der Waals surface area contributed by atoms with E-state index in [0.29, 0.717) is 5.56 Å². The maximum Gasteiger partial charge on any atom is 0.248 e. The number of primary amides is 1. The van der Waals surface area contributed by atoms with Crippen molar-refractivity contribution in [2.24, 2.45) is 11.7 Å². The van der Waals surface area contributed by atoms with Crippen molar-refractivity contribution in [2.75, 3.05) is 33.3 Å². The summed E-state index contributed by atoms with van der Waals surface area (Å²) in [6, 6.07) is 12.4. The van der Waals surface area contributed by atoms with Gasteiger partial charge in [-0.2, -0.15) is 0 Å². The number of methoxy groups -OCH3 is 1. The van der Waals surface area contributed by atoms with Crippen molar-refractivity contribution in [1.82, 2.24) is 14.8 Å². The average Bonchev–Trinajstić information content (AvgIpc) is 3.47. The van der Waals surface area contributed by atoms with E-state index < -0.39 is 0 Å². The second-order valence-electron chi connectivity index (χ2n) is 9.32. The summed E-state index contributed by atoms with van der Waals surface area (Å²) in [5.74, 6) is 1.43. The molecule has 3 aromatic rings. The third-order valence-corrected chi connectivity index (χ3v) is 7.06. The fraction of sp³-hybridized carbons (Fsp3) is 0.423. The van der Waals surface area contributed by atoms with Gasteiger partial charge in [-0.05, 0) is 61.1 Å². The maximum absolute atomic E-state index is 11.6. The summed E-state index contributed by atoms with van der Waals surface area (Å²) in [6.45, 7) is 7.20. The van der Waals surface area contributed by atoms with Crippen LogP contribution in [-0.2, 0) is 6.54 Å². The lowest BCUT2D eigenvalue weighted by atomic mass is 9.98. The molecule has 2 fully saturated rings. The first kappa shape index (κ1) is 21.0. The minimum absolute atomic E-state index is 0.254. The summed E-state index contributed by atoms with van der Waals surface area (Å²) < 4.78 is 5.81. The Morgan fingerprint density at radius 1 is 1.19 bits per heavy atom. The Morgan fingerprint density at radius 3 is 2.66 bits per heavy atom. The van der Waals surface area contributed by atoms with Gasteiger partial charge < -0.3 is 15.5 Å². The Balaban J connectivity index is 1.47. The number of nitrogens with zero attached hydrogens (tertiary/aromatic N) is 2. The van der Waals surface area contributed by atoms with Crippen LogP contribution in [0.25, 0.3) is 10.9 Å². The van der Waals surface area contributed by atoms with Crippen LogP contribution >= 0.6 is 0 Å². The summed E-state index contributed by atoms with van der Waals surface area (Å²) in [5, 5.41) is 1.23. The van der Waals surface area contributed by atoms with Crippen LogP contribution in [0.3, 0.4) is 0 Å². The van der Waals surface area contributed by atoms with E-state index in [0.717, 1.165) is 37.8 Å². The summed E-state index contributed by atoms with van der Waals surface area (Å²) >= 11 is 0. The largest absolute Gasteiger partial charge is 0.496 e. The van der Waals surface area contributed by atoms with Crippen LogP contribution in [0.4, 0.5) is 0 Å². The van der Waals surface area contributed by atoms with E-state index in [4.69, 9.17) is 10.5 Å². The molecule has 168 valence electrons. The predicted molar refractivity (Wildman–Crippen MR) is 127 cm³/mol. The molecular formula is C26H32N4O2. The number of aromatic amines is 1. The molecule has 1 aliphatic heterocycles. The molecule has 1 saturated carbocycles. The SMILES string of the molecule is COc1cc(C)c2[nH]ccc2c1CN1CCN(CC2CC2)C[C@H]1c1ccc(C(N)=O)cc1. The minimum Gasteiger partial charge on any atom is -0.496 e. The first-order valence-electron chi connectivity index (χ1n) is 11.5.